The van der Waals surface area contributed by atoms with Gasteiger partial charge in [-0.25, -0.2) is 8.42 Å². The van der Waals surface area contributed by atoms with Crippen molar-refractivity contribution >= 4 is 15.5 Å². The third-order valence-electron chi connectivity index (χ3n) is 5.10. The Labute approximate surface area is 141 Å². The van der Waals surface area contributed by atoms with Crippen molar-refractivity contribution in [3.05, 3.63) is 41.5 Å². The third kappa shape index (κ3) is 2.81. The van der Waals surface area contributed by atoms with Crippen molar-refractivity contribution in [3.8, 4) is 0 Å². The minimum atomic E-state index is -3.16. The quantitative estimate of drug-likeness (QED) is 0.845. The average Bonchev–Trinajstić information content (AvgIpc) is 3.22. The summed E-state index contributed by atoms with van der Waals surface area (Å²) in [4.78, 5) is 6.54. The normalized spacial score (nSPS) is 19.1. The fraction of sp³-hybridized carbons (Fsp3) is 0.529. The van der Waals surface area contributed by atoms with Crippen LogP contribution in [0.25, 0.3) is 0 Å². The summed E-state index contributed by atoms with van der Waals surface area (Å²) in [5.74, 6) is 0.519. The van der Waals surface area contributed by atoms with E-state index in [0.29, 0.717) is 12.4 Å². The highest BCUT2D eigenvalue weighted by Crippen LogP contribution is 2.50. The van der Waals surface area contributed by atoms with Gasteiger partial charge in [0.1, 0.15) is 5.75 Å². The first kappa shape index (κ1) is 15.6. The van der Waals surface area contributed by atoms with Crippen molar-refractivity contribution < 1.29 is 12.9 Å². The second-order valence-corrected chi connectivity index (χ2v) is 9.18. The van der Waals surface area contributed by atoms with Gasteiger partial charge in [0.2, 0.25) is 5.89 Å². The highest BCUT2D eigenvalue weighted by molar-refractivity contribution is 7.89. The molecule has 1 aliphatic heterocycles. The smallest absolute Gasteiger partial charge is 0.246 e. The molecule has 7 heteroatoms. The molecular formula is C17H21N3O3S. The number of nitrogens with zero attached hydrogens (tertiary/aromatic N) is 3. The number of hydrogen-bond donors (Lipinski definition) is 0. The zero-order valence-electron chi connectivity index (χ0n) is 13.7. The SMILES string of the molecule is CS(=O)(=O)Cc1noc(CN2CC3(CCCC3)c3ccccc32)n1. The Morgan fingerprint density at radius 3 is 2.75 bits per heavy atom. The first-order chi connectivity index (χ1) is 11.5. The van der Waals surface area contributed by atoms with E-state index in [-0.39, 0.29) is 17.0 Å². The summed E-state index contributed by atoms with van der Waals surface area (Å²) >= 11 is 0. The lowest BCUT2D eigenvalue weighted by Crippen LogP contribution is -2.30. The lowest BCUT2D eigenvalue weighted by molar-refractivity contribution is 0.368. The van der Waals surface area contributed by atoms with Gasteiger partial charge >= 0.3 is 0 Å². The lowest BCUT2D eigenvalue weighted by atomic mass is 9.81. The average molecular weight is 347 g/mol. The van der Waals surface area contributed by atoms with Gasteiger partial charge in [0.25, 0.3) is 0 Å². The van der Waals surface area contributed by atoms with E-state index in [9.17, 15) is 8.42 Å². The molecule has 2 aliphatic rings. The Kier molecular flexibility index (Phi) is 3.63. The molecule has 0 unspecified atom stereocenters. The molecule has 1 saturated carbocycles. The molecule has 0 N–H and O–H groups in total. The minimum absolute atomic E-state index is 0.184. The predicted molar refractivity (Wildman–Crippen MR) is 90.5 cm³/mol. The third-order valence-corrected chi connectivity index (χ3v) is 5.88. The maximum Gasteiger partial charge on any atom is 0.246 e. The van der Waals surface area contributed by atoms with E-state index in [1.165, 1.54) is 43.2 Å². The summed E-state index contributed by atoms with van der Waals surface area (Å²) in [7, 11) is -3.16. The molecule has 2 heterocycles. The second kappa shape index (κ2) is 5.58. The summed E-state index contributed by atoms with van der Waals surface area (Å²) in [6, 6.07) is 8.56. The Hall–Kier alpha value is -1.89. The van der Waals surface area contributed by atoms with Gasteiger partial charge in [0, 0.05) is 23.9 Å². The first-order valence-corrected chi connectivity index (χ1v) is 10.3. The molecule has 0 atom stereocenters. The van der Waals surface area contributed by atoms with Crippen LogP contribution in [0.3, 0.4) is 0 Å². The van der Waals surface area contributed by atoms with Gasteiger partial charge in [-0.2, -0.15) is 4.98 Å². The topological polar surface area (TPSA) is 76.3 Å². The lowest BCUT2D eigenvalue weighted by Gasteiger charge is -2.24. The number of sulfone groups is 1. The molecule has 0 saturated heterocycles. The van der Waals surface area contributed by atoms with Gasteiger partial charge in [-0.05, 0) is 24.5 Å². The van der Waals surface area contributed by atoms with Crippen molar-refractivity contribution in [1.82, 2.24) is 10.1 Å². The van der Waals surface area contributed by atoms with Gasteiger partial charge < -0.3 is 9.42 Å². The summed E-state index contributed by atoms with van der Waals surface area (Å²) in [5.41, 5.74) is 2.92. The van der Waals surface area contributed by atoms with E-state index in [2.05, 4.69) is 39.3 Å². The molecule has 2 aromatic rings. The highest BCUT2D eigenvalue weighted by Gasteiger charge is 2.44. The molecule has 1 spiro atoms. The summed E-state index contributed by atoms with van der Waals surface area (Å²) in [5, 5.41) is 3.80. The molecule has 1 aromatic carbocycles. The molecule has 6 nitrogen and oxygen atoms in total. The van der Waals surface area contributed by atoms with E-state index >= 15 is 0 Å². The predicted octanol–water partition coefficient (Wildman–Crippen LogP) is 2.45. The Morgan fingerprint density at radius 1 is 1.25 bits per heavy atom. The largest absolute Gasteiger partial charge is 0.361 e. The van der Waals surface area contributed by atoms with E-state index in [4.69, 9.17) is 4.52 Å². The van der Waals surface area contributed by atoms with Gasteiger partial charge in [-0.15, -0.1) is 0 Å². The van der Waals surface area contributed by atoms with E-state index in [1.807, 2.05) is 0 Å². The van der Waals surface area contributed by atoms with Crippen LogP contribution in [0.15, 0.2) is 28.8 Å². The van der Waals surface area contributed by atoms with Crippen molar-refractivity contribution in [2.75, 3.05) is 17.7 Å². The van der Waals surface area contributed by atoms with Gasteiger partial charge in [-0.1, -0.05) is 36.2 Å². The fourth-order valence-corrected chi connectivity index (χ4v) is 4.75. The first-order valence-electron chi connectivity index (χ1n) is 8.29. The van der Waals surface area contributed by atoms with Crippen LogP contribution in [0.4, 0.5) is 5.69 Å². The second-order valence-electron chi connectivity index (χ2n) is 7.04. The molecule has 128 valence electrons. The summed E-state index contributed by atoms with van der Waals surface area (Å²) < 4.78 is 28.0. The number of para-hydroxylation sites is 1. The highest BCUT2D eigenvalue weighted by atomic mass is 32.2. The number of rotatable bonds is 4. The van der Waals surface area contributed by atoms with Crippen molar-refractivity contribution in [2.24, 2.45) is 0 Å². The Balaban J connectivity index is 1.58. The van der Waals surface area contributed by atoms with Crippen LogP contribution >= 0.6 is 0 Å². The van der Waals surface area contributed by atoms with Crippen LogP contribution in [-0.2, 0) is 27.5 Å². The monoisotopic (exact) mass is 347 g/mol. The molecule has 1 aromatic heterocycles. The number of hydrogen-bond acceptors (Lipinski definition) is 6. The standard InChI is InChI=1S/C17H21N3O3S/c1-24(21,22)11-15-18-16(23-19-15)10-20-12-17(8-4-5-9-17)13-6-2-3-7-14(13)20/h2-3,6-7H,4-5,8-12H2,1H3. The van der Waals surface area contributed by atoms with Crippen molar-refractivity contribution in [2.45, 2.75) is 43.4 Å². The van der Waals surface area contributed by atoms with Crippen LogP contribution in [0.5, 0.6) is 0 Å². The number of anilines is 1. The molecule has 0 radical (unpaired) electrons. The van der Waals surface area contributed by atoms with Crippen molar-refractivity contribution in [3.63, 3.8) is 0 Å². The van der Waals surface area contributed by atoms with Gasteiger partial charge in [0.15, 0.2) is 15.7 Å². The maximum atomic E-state index is 11.4. The number of fused-ring (bicyclic) bond motifs is 2. The minimum Gasteiger partial charge on any atom is -0.361 e. The van der Waals surface area contributed by atoms with Crippen LogP contribution in [-0.4, -0.2) is 31.4 Å². The number of benzene rings is 1. The van der Waals surface area contributed by atoms with Crippen LogP contribution in [0, 0.1) is 0 Å². The van der Waals surface area contributed by atoms with Crippen LogP contribution < -0.4 is 4.90 Å². The molecule has 1 fully saturated rings. The zero-order chi connectivity index (χ0) is 16.8. The molecule has 4 rings (SSSR count). The number of aromatic nitrogens is 2. The summed E-state index contributed by atoms with van der Waals surface area (Å²) in [6.45, 7) is 1.49. The molecule has 0 amide bonds. The molecule has 24 heavy (non-hydrogen) atoms. The Morgan fingerprint density at radius 2 is 2.00 bits per heavy atom. The van der Waals surface area contributed by atoms with Crippen LogP contribution in [0.1, 0.15) is 43.0 Å². The zero-order valence-corrected chi connectivity index (χ0v) is 14.6. The van der Waals surface area contributed by atoms with Crippen molar-refractivity contribution in [1.29, 1.82) is 0 Å². The fourth-order valence-electron chi connectivity index (χ4n) is 4.16. The molecule has 1 aliphatic carbocycles. The molecular weight excluding hydrogens is 326 g/mol. The van der Waals surface area contributed by atoms with Gasteiger partial charge in [-0.3, -0.25) is 0 Å². The summed E-state index contributed by atoms with van der Waals surface area (Å²) in [6.07, 6.45) is 6.18. The van der Waals surface area contributed by atoms with E-state index in [1.54, 1.807) is 0 Å². The van der Waals surface area contributed by atoms with Gasteiger partial charge in [0.05, 0.1) is 6.54 Å². The Bertz CT molecular complexity index is 853. The molecule has 0 bridgehead atoms. The van der Waals surface area contributed by atoms with Crippen LogP contribution in [0.2, 0.25) is 0 Å². The maximum absolute atomic E-state index is 11.4. The van der Waals surface area contributed by atoms with E-state index < -0.39 is 9.84 Å². The van der Waals surface area contributed by atoms with E-state index in [0.717, 1.165) is 6.54 Å².